The van der Waals surface area contributed by atoms with Crippen LogP contribution in [0.4, 0.5) is 0 Å². The summed E-state index contributed by atoms with van der Waals surface area (Å²) in [4.78, 5) is 14.6. The van der Waals surface area contributed by atoms with Gasteiger partial charge >= 0.3 is 0 Å². The third kappa shape index (κ3) is 3.01. The summed E-state index contributed by atoms with van der Waals surface area (Å²) in [6, 6.07) is 2.37. The van der Waals surface area contributed by atoms with Crippen LogP contribution >= 0.6 is 23.7 Å². The summed E-state index contributed by atoms with van der Waals surface area (Å²) >= 11 is 1.69. The van der Waals surface area contributed by atoms with E-state index in [0.29, 0.717) is 6.54 Å². The standard InChI is InChI=1S/C14H20N2O2S.ClH/c15-8-11-3-4-13(18-11)14(17)16-6-1-2-12(16)10-5-7-19-9-10;/h5,7,9,11-13H,1-4,6,8,15H2;1H/t11-,12?,13+;/m1./s1. The van der Waals surface area contributed by atoms with Crippen LogP contribution in [-0.4, -0.2) is 36.1 Å². The Morgan fingerprint density at radius 3 is 2.95 bits per heavy atom. The minimum Gasteiger partial charge on any atom is -0.364 e. The molecule has 2 N–H and O–H groups in total. The first-order chi connectivity index (χ1) is 9.29. The Kier molecular flexibility index (Phi) is 5.43. The average molecular weight is 317 g/mol. The average Bonchev–Trinajstić information content (AvgIpc) is 3.16. The van der Waals surface area contributed by atoms with Crippen LogP contribution in [0.3, 0.4) is 0 Å². The fourth-order valence-corrected chi connectivity index (χ4v) is 3.79. The van der Waals surface area contributed by atoms with Gasteiger partial charge in [0.05, 0.1) is 12.1 Å². The van der Waals surface area contributed by atoms with Gasteiger partial charge in [-0.2, -0.15) is 11.3 Å². The minimum absolute atomic E-state index is 0. The number of carbonyl (C=O) groups excluding carboxylic acids is 1. The number of carbonyl (C=O) groups is 1. The van der Waals surface area contributed by atoms with Gasteiger partial charge in [-0.1, -0.05) is 0 Å². The van der Waals surface area contributed by atoms with Crippen molar-refractivity contribution in [3.63, 3.8) is 0 Å². The molecule has 2 aliphatic heterocycles. The number of hydrogen-bond donors (Lipinski definition) is 1. The van der Waals surface area contributed by atoms with E-state index in [1.807, 2.05) is 4.90 Å². The molecule has 112 valence electrons. The number of nitrogens with two attached hydrogens (primary N) is 1. The Morgan fingerprint density at radius 1 is 1.45 bits per heavy atom. The molecule has 2 fully saturated rings. The summed E-state index contributed by atoms with van der Waals surface area (Å²) in [6.07, 6.45) is 3.66. The maximum atomic E-state index is 12.6. The van der Waals surface area contributed by atoms with Gasteiger partial charge in [0.1, 0.15) is 6.10 Å². The minimum atomic E-state index is -0.271. The Labute approximate surface area is 129 Å². The van der Waals surface area contributed by atoms with Crippen molar-refractivity contribution in [2.24, 2.45) is 5.73 Å². The molecule has 1 amide bonds. The first-order valence-electron chi connectivity index (χ1n) is 6.97. The van der Waals surface area contributed by atoms with Crippen LogP contribution in [0.5, 0.6) is 0 Å². The van der Waals surface area contributed by atoms with Crippen molar-refractivity contribution in [1.82, 2.24) is 4.90 Å². The summed E-state index contributed by atoms with van der Waals surface area (Å²) in [5.41, 5.74) is 6.87. The van der Waals surface area contributed by atoms with Gasteiger partial charge in [-0.3, -0.25) is 4.79 Å². The normalized spacial score (nSPS) is 29.4. The highest BCUT2D eigenvalue weighted by Crippen LogP contribution is 2.35. The lowest BCUT2D eigenvalue weighted by Crippen LogP contribution is -2.39. The first-order valence-corrected chi connectivity index (χ1v) is 7.92. The van der Waals surface area contributed by atoms with Gasteiger partial charge in [0, 0.05) is 13.1 Å². The Balaban J connectivity index is 0.00000147. The molecule has 0 radical (unpaired) electrons. The summed E-state index contributed by atoms with van der Waals surface area (Å²) < 4.78 is 5.74. The summed E-state index contributed by atoms with van der Waals surface area (Å²) in [5, 5.41) is 4.22. The molecule has 4 nitrogen and oxygen atoms in total. The SMILES string of the molecule is Cl.NC[C@H]1CC[C@@H](C(=O)N2CCCC2c2ccsc2)O1. The second-order valence-corrected chi connectivity index (χ2v) is 6.09. The van der Waals surface area contributed by atoms with Crippen LogP contribution in [0, 0.1) is 0 Å². The Bertz CT molecular complexity index is 440. The molecule has 0 aromatic carbocycles. The lowest BCUT2D eigenvalue weighted by molar-refractivity contribution is -0.143. The van der Waals surface area contributed by atoms with E-state index in [2.05, 4.69) is 16.8 Å². The third-order valence-electron chi connectivity index (χ3n) is 4.11. The highest BCUT2D eigenvalue weighted by Gasteiger charge is 2.38. The quantitative estimate of drug-likeness (QED) is 0.931. The molecule has 1 aromatic heterocycles. The molecule has 3 atom stereocenters. The summed E-state index contributed by atoms with van der Waals surface area (Å²) in [5.74, 6) is 0.157. The van der Waals surface area contributed by atoms with Crippen molar-refractivity contribution in [1.29, 1.82) is 0 Å². The Hall–Kier alpha value is -0.620. The number of thiophene rings is 1. The number of ether oxygens (including phenoxy) is 1. The number of likely N-dealkylation sites (tertiary alicyclic amines) is 1. The molecule has 2 saturated heterocycles. The number of amides is 1. The number of nitrogens with zero attached hydrogens (tertiary/aromatic N) is 1. The zero-order chi connectivity index (χ0) is 13.2. The van der Waals surface area contributed by atoms with Gasteiger partial charge in [0.25, 0.3) is 5.91 Å². The molecule has 0 spiro atoms. The van der Waals surface area contributed by atoms with Crippen LogP contribution in [0.1, 0.15) is 37.3 Å². The van der Waals surface area contributed by atoms with E-state index in [1.165, 1.54) is 5.56 Å². The number of rotatable bonds is 3. The van der Waals surface area contributed by atoms with Crippen molar-refractivity contribution < 1.29 is 9.53 Å². The van der Waals surface area contributed by atoms with Crippen molar-refractivity contribution in [3.8, 4) is 0 Å². The molecule has 0 bridgehead atoms. The third-order valence-corrected chi connectivity index (χ3v) is 4.81. The maximum Gasteiger partial charge on any atom is 0.252 e. The van der Waals surface area contributed by atoms with Gasteiger partial charge in [0.15, 0.2) is 0 Å². The van der Waals surface area contributed by atoms with Gasteiger partial charge in [-0.05, 0) is 48.1 Å². The van der Waals surface area contributed by atoms with Gasteiger partial charge in [0.2, 0.25) is 0 Å². The van der Waals surface area contributed by atoms with E-state index in [1.54, 1.807) is 11.3 Å². The van der Waals surface area contributed by atoms with Crippen LogP contribution < -0.4 is 5.73 Å². The van der Waals surface area contributed by atoms with Crippen LogP contribution in [0.15, 0.2) is 16.8 Å². The monoisotopic (exact) mass is 316 g/mol. The molecule has 0 aliphatic carbocycles. The van der Waals surface area contributed by atoms with Crippen LogP contribution in [-0.2, 0) is 9.53 Å². The fraction of sp³-hybridized carbons (Fsp3) is 0.643. The summed E-state index contributed by atoms with van der Waals surface area (Å²) in [6.45, 7) is 1.37. The van der Waals surface area contributed by atoms with Crippen molar-refractivity contribution in [3.05, 3.63) is 22.4 Å². The van der Waals surface area contributed by atoms with Gasteiger partial charge in [-0.15, -0.1) is 12.4 Å². The van der Waals surface area contributed by atoms with E-state index in [0.717, 1.165) is 32.2 Å². The molecular weight excluding hydrogens is 296 g/mol. The molecule has 1 aromatic rings. The number of halogens is 1. The smallest absolute Gasteiger partial charge is 0.252 e. The zero-order valence-corrected chi connectivity index (χ0v) is 13.0. The molecule has 20 heavy (non-hydrogen) atoms. The molecule has 6 heteroatoms. The van der Waals surface area contributed by atoms with E-state index >= 15 is 0 Å². The first kappa shape index (κ1) is 15.8. The molecule has 3 rings (SSSR count). The van der Waals surface area contributed by atoms with Crippen LogP contribution in [0.25, 0.3) is 0 Å². The second-order valence-electron chi connectivity index (χ2n) is 5.31. The largest absolute Gasteiger partial charge is 0.364 e. The van der Waals surface area contributed by atoms with Gasteiger partial charge < -0.3 is 15.4 Å². The van der Waals surface area contributed by atoms with E-state index in [-0.39, 0.29) is 36.6 Å². The summed E-state index contributed by atoms with van der Waals surface area (Å²) in [7, 11) is 0. The molecular formula is C14H21ClN2O2S. The van der Waals surface area contributed by atoms with Crippen molar-refractivity contribution in [2.75, 3.05) is 13.1 Å². The zero-order valence-electron chi connectivity index (χ0n) is 11.4. The fourth-order valence-electron chi connectivity index (χ4n) is 3.09. The molecule has 1 unspecified atom stereocenters. The Morgan fingerprint density at radius 2 is 2.30 bits per heavy atom. The van der Waals surface area contributed by atoms with Gasteiger partial charge in [-0.25, -0.2) is 0 Å². The highest BCUT2D eigenvalue weighted by molar-refractivity contribution is 7.07. The molecule has 3 heterocycles. The maximum absolute atomic E-state index is 12.6. The van der Waals surface area contributed by atoms with E-state index in [9.17, 15) is 4.79 Å². The predicted octanol–water partition coefficient (Wildman–Crippen LogP) is 2.34. The van der Waals surface area contributed by atoms with Crippen molar-refractivity contribution in [2.45, 2.75) is 43.9 Å². The molecule has 2 aliphatic rings. The molecule has 0 saturated carbocycles. The number of hydrogen-bond acceptors (Lipinski definition) is 4. The predicted molar refractivity (Wildman–Crippen MR) is 82.2 cm³/mol. The van der Waals surface area contributed by atoms with E-state index < -0.39 is 0 Å². The lowest BCUT2D eigenvalue weighted by Gasteiger charge is -2.27. The lowest BCUT2D eigenvalue weighted by atomic mass is 10.1. The topological polar surface area (TPSA) is 55.6 Å². The van der Waals surface area contributed by atoms with Crippen molar-refractivity contribution >= 4 is 29.7 Å². The van der Waals surface area contributed by atoms with E-state index in [4.69, 9.17) is 10.5 Å². The van der Waals surface area contributed by atoms with Crippen LogP contribution in [0.2, 0.25) is 0 Å². The highest BCUT2D eigenvalue weighted by atomic mass is 35.5. The second kappa shape index (κ2) is 6.89.